The largest absolute Gasteiger partial charge is 0.493 e. The van der Waals surface area contributed by atoms with Crippen LogP contribution in [0.1, 0.15) is 5.56 Å². The number of ether oxygens (including phenoxy) is 2. The molecule has 0 bridgehead atoms. The van der Waals surface area contributed by atoms with Crippen molar-refractivity contribution < 1.29 is 35.4 Å². The molecule has 4 aromatic rings. The quantitative estimate of drug-likeness (QED) is 0.304. The molecule has 0 atom stereocenters. The van der Waals surface area contributed by atoms with Gasteiger partial charge in [-0.3, -0.25) is 9.11 Å². The highest BCUT2D eigenvalue weighted by Crippen LogP contribution is 2.40. The van der Waals surface area contributed by atoms with Gasteiger partial charge in [-0.05, 0) is 30.2 Å². The van der Waals surface area contributed by atoms with Gasteiger partial charge in [0.15, 0.2) is 11.5 Å². The molecule has 40 heavy (non-hydrogen) atoms. The minimum atomic E-state index is -3.67. The zero-order valence-electron chi connectivity index (χ0n) is 21.8. The van der Waals surface area contributed by atoms with Crippen LogP contribution in [0, 0.1) is 0 Å². The highest BCUT2D eigenvalue weighted by molar-refractivity contribution is 7.85. The summed E-state index contributed by atoms with van der Waals surface area (Å²) in [7, 11) is -5.70. The van der Waals surface area contributed by atoms with E-state index in [1.54, 1.807) is 26.0 Å². The maximum absolute atomic E-state index is 9.19. The number of halogens is 1. The Balaban J connectivity index is 0.000000381. The number of hydrogen-bond acceptors (Lipinski definition) is 10. The summed E-state index contributed by atoms with van der Waals surface area (Å²) < 4.78 is 65.3. The molecule has 0 amide bonds. The van der Waals surface area contributed by atoms with E-state index >= 15 is 0 Å². The van der Waals surface area contributed by atoms with Crippen LogP contribution in [0.2, 0.25) is 5.02 Å². The Bertz CT molecular complexity index is 1620. The van der Waals surface area contributed by atoms with Crippen LogP contribution in [0.25, 0.3) is 10.9 Å². The van der Waals surface area contributed by atoms with Crippen molar-refractivity contribution in [2.24, 2.45) is 0 Å². The van der Waals surface area contributed by atoms with Gasteiger partial charge in [-0.2, -0.15) is 16.8 Å². The predicted octanol–water partition coefficient (Wildman–Crippen LogP) is 3.27. The summed E-state index contributed by atoms with van der Waals surface area (Å²) in [5, 5.41) is 1.62. The molecule has 1 aliphatic rings. The first-order chi connectivity index (χ1) is 18.7. The van der Waals surface area contributed by atoms with Crippen molar-refractivity contribution in [3.63, 3.8) is 0 Å². The standard InChI is InChI=1S/C22H20ClN5O2.2CH4O3S/c1-29-20-11-17-18(12-21(20)30-9-8-27-7-5-24-14-27)25-13-26-22(17)28-6-4-15-2-3-16(23)10-19(15)28;2*1-5(2,3)4/h2-3,5,7,10-14H,4,6,8-9H2,1H3;2*1H3,(H,2,3,4). The first-order valence-corrected chi connectivity index (χ1v) is 15.6. The number of benzene rings is 2. The third-order valence-electron chi connectivity index (χ3n) is 5.26. The van der Waals surface area contributed by atoms with E-state index in [1.807, 2.05) is 35.0 Å². The Morgan fingerprint density at radius 3 is 2.35 bits per heavy atom. The van der Waals surface area contributed by atoms with Crippen LogP contribution in [0.3, 0.4) is 0 Å². The molecule has 0 fully saturated rings. The van der Waals surface area contributed by atoms with Gasteiger partial charge < -0.3 is 18.9 Å². The molecule has 2 aromatic carbocycles. The molecule has 2 aromatic heterocycles. The number of rotatable bonds is 6. The molecule has 3 heterocycles. The van der Waals surface area contributed by atoms with Gasteiger partial charge in [0.2, 0.25) is 0 Å². The van der Waals surface area contributed by atoms with Crippen LogP contribution in [-0.4, -0.2) is 78.2 Å². The number of hydrogen-bond donors (Lipinski definition) is 2. The summed E-state index contributed by atoms with van der Waals surface area (Å²) in [6.45, 7) is 2.03. The lowest BCUT2D eigenvalue weighted by molar-refractivity contribution is 0.280. The first kappa shape index (κ1) is 31.0. The molecular formula is C24H28ClN5O8S2. The Kier molecular flexibility index (Phi) is 10.3. The Labute approximate surface area is 236 Å². The van der Waals surface area contributed by atoms with E-state index in [1.165, 1.54) is 5.56 Å². The number of methoxy groups -OCH3 is 1. The summed E-state index contributed by atoms with van der Waals surface area (Å²) >= 11 is 6.25. The Morgan fingerprint density at radius 2 is 1.73 bits per heavy atom. The van der Waals surface area contributed by atoms with Gasteiger partial charge in [-0.1, -0.05) is 17.7 Å². The van der Waals surface area contributed by atoms with E-state index in [-0.39, 0.29) is 0 Å². The molecule has 16 heteroatoms. The fourth-order valence-corrected chi connectivity index (χ4v) is 3.96. The van der Waals surface area contributed by atoms with Gasteiger partial charge in [0.25, 0.3) is 20.2 Å². The molecule has 1 aliphatic heterocycles. The highest BCUT2D eigenvalue weighted by Gasteiger charge is 2.24. The summed E-state index contributed by atoms with van der Waals surface area (Å²) in [5.74, 6) is 2.14. The summed E-state index contributed by atoms with van der Waals surface area (Å²) in [5.41, 5.74) is 3.15. The first-order valence-electron chi connectivity index (χ1n) is 11.5. The van der Waals surface area contributed by atoms with Gasteiger partial charge in [0, 0.05) is 41.1 Å². The lowest BCUT2D eigenvalue weighted by atomic mass is 10.1. The van der Waals surface area contributed by atoms with Crippen molar-refractivity contribution in [3.05, 3.63) is 66.0 Å². The molecule has 0 spiro atoms. The molecule has 13 nitrogen and oxygen atoms in total. The SMILES string of the molecule is COc1cc2c(N3CCc4ccc(Cl)cc43)ncnc2cc1OCCn1ccnc1.CS(=O)(=O)O.CS(=O)(=O)O. The van der Waals surface area contributed by atoms with Crippen LogP contribution in [0.5, 0.6) is 11.5 Å². The van der Waals surface area contributed by atoms with Crippen molar-refractivity contribution in [2.75, 3.05) is 37.7 Å². The maximum Gasteiger partial charge on any atom is 0.261 e. The highest BCUT2D eigenvalue weighted by atomic mass is 35.5. The predicted molar refractivity (Wildman–Crippen MR) is 151 cm³/mol. The Hall–Kier alpha value is -3.50. The average Bonchev–Trinajstić information content (AvgIpc) is 3.51. The minimum Gasteiger partial charge on any atom is -0.493 e. The summed E-state index contributed by atoms with van der Waals surface area (Å²) in [6.07, 6.45) is 9.38. The zero-order valence-corrected chi connectivity index (χ0v) is 24.2. The van der Waals surface area contributed by atoms with Crippen molar-refractivity contribution in [1.82, 2.24) is 19.5 Å². The number of aromatic nitrogens is 4. The number of anilines is 2. The van der Waals surface area contributed by atoms with E-state index in [9.17, 15) is 16.8 Å². The molecule has 5 rings (SSSR count). The third-order valence-corrected chi connectivity index (χ3v) is 5.50. The molecule has 0 aliphatic carbocycles. The number of imidazole rings is 1. The smallest absolute Gasteiger partial charge is 0.261 e. The molecule has 0 saturated carbocycles. The van der Waals surface area contributed by atoms with Gasteiger partial charge in [-0.15, -0.1) is 0 Å². The van der Waals surface area contributed by atoms with Crippen molar-refractivity contribution in [1.29, 1.82) is 0 Å². The number of fused-ring (bicyclic) bond motifs is 2. The van der Waals surface area contributed by atoms with Crippen LogP contribution in [0.4, 0.5) is 11.5 Å². The third kappa shape index (κ3) is 9.60. The van der Waals surface area contributed by atoms with Crippen molar-refractivity contribution in [2.45, 2.75) is 13.0 Å². The molecule has 216 valence electrons. The lowest BCUT2D eigenvalue weighted by Gasteiger charge is -2.21. The van der Waals surface area contributed by atoms with E-state index in [0.717, 1.165) is 35.4 Å². The van der Waals surface area contributed by atoms with Gasteiger partial charge in [0.1, 0.15) is 18.8 Å². The monoisotopic (exact) mass is 613 g/mol. The second-order valence-corrected chi connectivity index (χ2v) is 11.9. The van der Waals surface area contributed by atoms with Crippen molar-refractivity contribution >= 4 is 54.2 Å². The fourth-order valence-electron chi connectivity index (χ4n) is 3.79. The molecular weight excluding hydrogens is 586 g/mol. The fraction of sp³-hybridized carbons (Fsp3) is 0.292. The average molecular weight is 614 g/mol. The van der Waals surface area contributed by atoms with Gasteiger partial charge in [-0.25, -0.2) is 15.0 Å². The topological polar surface area (TPSA) is 174 Å². The van der Waals surface area contributed by atoms with E-state index in [0.29, 0.717) is 42.2 Å². The summed E-state index contributed by atoms with van der Waals surface area (Å²) in [4.78, 5) is 15.3. The van der Waals surface area contributed by atoms with Crippen LogP contribution >= 0.6 is 11.6 Å². The van der Waals surface area contributed by atoms with E-state index in [4.69, 9.17) is 30.2 Å². The Morgan fingerprint density at radius 1 is 1.02 bits per heavy atom. The van der Waals surface area contributed by atoms with Crippen LogP contribution in [-0.2, 0) is 33.2 Å². The second kappa shape index (κ2) is 13.2. The van der Waals surface area contributed by atoms with E-state index < -0.39 is 20.2 Å². The van der Waals surface area contributed by atoms with Crippen molar-refractivity contribution in [3.8, 4) is 11.5 Å². The van der Waals surface area contributed by atoms with Crippen LogP contribution in [0.15, 0.2) is 55.4 Å². The van der Waals surface area contributed by atoms with Gasteiger partial charge >= 0.3 is 0 Å². The van der Waals surface area contributed by atoms with E-state index in [2.05, 4.69) is 25.9 Å². The second-order valence-electron chi connectivity index (χ2n) is 8.51. The lowest BCUT2D eigenvalue weighted by Crippen LogP contribution is -2.15. The molecule has 0 unspecified atom stereocenters. The molecule has 0 radical (unpaired) electrons. The maximum atomic E-state index is 9.19. The normalized spacial score (nSPS) is 12.6. The molecule has 2 N–H and O–H groups in total. The van der Waals surface area contributed by atoms with Crippen LogP contribution < -0.4 is 14.4 Å². The van der Waals surface area contributed by atoms with Gasteiger partial charge in [0.05, 0.1) is 38.0 Å². The minimum absolute atomic E-state index is 0.494. The summed E-state index contributed by atoms with van der Waals surface area (Å²) in [6, 6.07) is 9.84. The zero-order chi connectivity index (χ0) is 29.5. The molecule has 0 saturated heterocycles. The number of nitrogens with zero attached hydrogens (tertiary/aromatic N) is 5.